The van der Waals surface area contributed by atoms with E-state index in [0.717, 1.165) is 0 Å². The van der Waals surface area contributed by atoms with Gasteiger partial charge in [0.15, 0.2) is 0 Å². The molecule has 5 nitrogen and oxygen atoms in total. The maximum Gasteiger partial charge on any atom is 0.250 e. The Morgan fingerprint density at radius 1 is 1.50 bits per heavy atom. The molecule has 14 heavy (non-hydrogen) atoms. The van der Waals surface area contributed by atoms with Crippen LogP contribution in [0.2, 0.25) is 0 Å². The van der Waals surface area contributed by atoms with Crippen LogP contribution in [0.1, 0.15) is 12.8 Å². The van der Waals surface area contributed by atoms with Gasteiger partial charge in [0.1, 0.15) is 0 Å². The normalized spacial score (nSPS) is 9.79. The van der Waals surface area contributed by atoms with Crippen LogP contribution in [0, 0.1) is 0 Å². The van der Waals surface area contributed by atoms with Crippen LogP contribution < -0.4 is 16.8 Å². The molecule has 0 radical (unpaired) electrons. The second kappa shape index (κ2) is 5.18. The molecule has 0 aliphatic rings. The van der Waals surface area contributed by atoms with E-state index in [1.165, 1.54) is 6.07 Å². The molecule has 3 N–H and O–H groups in total. The molecule has 5 heteroatoms. The highest BCUT2D eigenvalue weighted by Crippen LogP contribution is 1.92. The van der Waals surface area contributed by atoms with Gasteiger partial charge in [-0.3, -0.25) is 15.0 Å². The van der Waals surface area contributed by atoms with Gasteiger partial charge in [-0.05, 0) is 12.5 Å². The van der Waals surface area contributed by atoms with Crippen LogP contribution in [0.15, 0.2) is 29.2 Å². The topological polar surface area (TPSA) is 77.1 Å². The van der Waals surface area contributed by atoms with Gasteiger partial charge in [0, 0.05) is 25.2 Å². The zero-order chi connectivity index (χ0) is 10.4. The second-order valence-electron chi connectivity index (χ2n) is 2.90. The lowest BCUT2D eigenvalue weighted by Crippen LogP contribution is -2.30. The number of aromatic nitrogens is 1. The first kappa shape index (κ1) is 10.5. The molecule has 76 valence electrons. The number of nitrogens with one attached hydrogen (secondary N) is 1. The first-order valence-corrected chi connectivity index (χ1v) is 4.39. The second-order valence-corrected chi connectivity index (χ2v) is 2.90. The zero-order valence-electron chi connectivity index (χ0n) is 7.77. The quantitative estimate of drug-likeness (QED) is 0.390. The van der Waals surface area contributed by atoms with E-state index in [9.17, 15) is 9.59 Å². The SMILES string of the molecule is NNC(=O)CCCn1ccccc1=O. The number of pyridine rings is 1. The summed E-state index contributed by atoms with van der Waals surface area (Å²) in [6.07, 6.45) is 2.63. The van der Waals surface area contributed by atoms with Crippen LogP contribution in [0.3, 0.4) is 0 Å². The Morgan fingerprint density at radius 2 is 2.29 bits per heavy atom. The van der Waals surface area contributed by atoms with Crippen LogP contribution >= 0.6 is 0 Å². The largest absolute Gasteiger partial charge is 0.316 e. The molecule has 1 rings (SSSR count). The average molecular weight is 195 g/mol. The number of nitrogens with zero attached hydrogens (tertiary/aromatic N) is 1. The summed E-state index contributed by atoms with van der Waals surface area (Å²) in [7, 11) is 0. The van der Waals surface area contributed by atoms with Crippen molar-refractivity contribution in [2.24, 2.45) is 5.84 Å². The molecule has 0 aliphatic heterocycles. The Bertz CT molecular complexity index is 359. The third kappa shape index (κ3) is 3.02. The minimum absolute atomic E-state index is 0.0549. The van der Waals surface area contributed by atoms with Gasteiger partial charge in [0.2, 0.25) is 11.5 Å². The van der Waals surface area contributed by atoms with Gasteiger partial charge in [-0.15, -0.1) is 0 Å². The van der Waals surface area contributed by atoms with Crippen molar-refractivity contribution in [3.63, 3.8) is 0 Å². The molecule has 0 unspecified atom stereocenters. The molecule has 1 aromatic heterocycles. The summed E-state index contributed by atoms with van der Waals surface area (Å²) in [6, 6.07) is 4.96. The lowest BCUT2D eigenvalue weighted by Gasteiger charge is -2.03. The van der Waals surface area contributed by atoms with Crippen LogP contribution in [-0.2, 0) is 11.3 Å². The fourth-order valence-electron chi connectivity index (χ4n) is 1.13. The number of amides is 1. The van der Waals surface area contributed by atoms with Crippen molar-refractivity contribution in [1.29, 1.82) is 0 Å². The van der Waals surface area contributed by atoms with Crippen LogP contribution in [0.4, 0.5) is 0 Å². The van der Waals surface area contributed by atoms with Gasteiger partial charge >= 0.3 is 0 Å². The summed E-state index contributed by atoms with van der Waals surface area (Å²) < 4.78 is 1.56. The van der Waals surface area contributed by atoms with Crippen molar-refractivity contribution in [3.8, 4) is 0 Å². The van der Waals surface area contributed by atoms with Crippen LogP contribution in [0.5, 0.6) is 0 Å². The molecule has 0 bridgehead atoms. The Hall–Kier alpha value is -1.62. The van der Waals surface area contributed by atoms with E-state index in [1.807, 2.05) is 5.43 Å². The van der Waals surface area contributed by atoms with Gasteiger partial charge in [-0.2, -0.15) is 0 Å². The Kier molecular flexibility index (Phi) is 3.87. The summed E-state index contributed by atoms with van der Waals surface area (Å²) in [5.41, 5.74) is 1.98. The molecule has 0 saturated heterocycles. The summed E-state index contributed by atoms with van der Waals surface area (Å²) in [6.45, 7) is 0.535. The van der Waals surface area contributed by atoms with Crippen molar-refractivity contribution >= 4 is 5.91 Å². The predicted octanol–water partition coefficient (Wildman–Crippen LogP) is -0.382. The molecule has 0 fully saturated rings. The molecule has 1 heterocycles. The van der Waals surface area contributed by atoms with E-state index in [4.69, 9.17) is 5.84 Å². The first-order chi connectivity index (χ1) is 6.74. The van der Waals surface area contributed by atoms with E-state index < -0.39 is 0 Å². The first-order valence-electron chi connectivity index (χ1n) is 4.39. The highest BCUT2D eigenvalue weighted by molar-refractivity contribution is 5.74. The fourth-order valence-corrected chi connectivity index (χ4v) is 1.13. The summed E-state index contributed by atoms with van der Waals surface area (Å²) >= 11 is 0. The van der Waals surface area contributed by atoms with E-state index >= 15 is 0 Å². The van der Waals surface area contributed by atoms with Gasteiger partial charge in [0.25, 0.3) is 0 Å². The number of hydrazine groups is 1. The van der Waals surface area contributed by atoms with Crippen molar-refractivity contribution in [3.05, 3.63) is 34.7 Å². The number of carbonyl (C=O) groups excluding carboxylic acids is 1. The molecule has 0 atom stereocenters. The Balaban J connectivity index is 2.43. The molecule has 0 aromatic carbocycles. The predicted molar refractivity (Wildman–Crippen MR) is 52.3 cm³/mol. The van der Waals surface area contributed by atoms with Gasteiger partial charge in [-0.25, -0.2) is 5.84 Å². The van der Waals surface area contributed by atoms with Crippen molar-refractivity contribution in [2.75, 3.05) is 0 Å². The molecule has 1 amide bonds. The highest BCUT2D eigenvalue weighted by Gasteiger charge is 1.98. The molecule has 0 spiro atoms. The summed E-state index contributed by atoms with van der Waals surface area (Å²) in [4.78, 5) is 22.0. The Labute approximate surface area is 81.5 Å². The number of nitrogens with two attached hydrogens (primary N) is 1. The minimum atomic E-state index is -0.214. The number of rotatable bonds is 4. The fraction of sp³-hybridized carbons (Fsp3) is 0.333. The van der Waals surface area contributed by atoms with E-state index in [-0.39, 0.29) is 11.5 Å². The lowest BCUT2D eigenvalue weighted by molar-refractivity contribution is -0.121. The van der Waals surface area contributed by atoms with Crippen LogP contribution in [-0.4, -0.2) is 10.5 Å². The minimum Gasteiger partial charge on any atom is -0.316 e. The third-order valence-electron chi connectivity index (χ3n) is 1.86. The maximum absolute atomic E-state index is 11.2. The maximum atomic E-state index is 11.2. The summed E-state index contributed by atoms with van der Waals surface area (Å²) in [5.74, 6) is 4.70. The van der Waals surface area contributed by atoms with Gasteiger partial charge in [-0.1, -0.05) is 6.07 Å². The smallest absolute Gasteiger partial charge is 0.250 e. The lowest BCUT2D eigenvalue weighted by atomic mass is 10.3. The number of hydrogen-bond acceptors (Lipinski definition) is 3. The van der Waals surface area contributed by atoms with Crippen LogP contribution in [0.25, 0.3) is 0 Å². The van der Waals surface area contributed by atoms with E-state index in [1.54, 1.807) is 22.9 Å². The third-order valence-corrected chi connectivity index (χ3v) is 1.86. The molecular formula is C9H13N3O2. The van der Waals surface area contributed by atoms with E-state index in [2.05, 4.69) is 0 Å². The molecule has 1 aromatic rings. The van der Waals surface area contributed by atoms with Crippen molar-refractivity contribution < 1.29 is 4.79 Å². The van der Waals surface area contributed by atoms with E-state index in [0.29, 0.717) is 19.4 Å². The number of carbonyl (C=O) groups is 1. The number of hydrogen-bond donors (Lipinski definition) is 2. The van der Waals surface area contributed by atoms with Gasteiger partial charge in [0.05, 0.1) is 0 Å². The van der Waals surface area contributed by atoms with Gasteiger partial charge < -0.3 is 4.57 Å². The molecular weight excluding hydrogens is 182 g/mol. The number of aryl methyl sites for hydroxylation is 1. The molecule has 0 saturated carbocycles. The monoisotopic (exact) mass is 195 g/mol. The van der Waals surface area contributed by atoms with Crippen molar-refractivity contribution in [1.82, 2.24) is 9.99 Å². The summed E-state index contributed by atoms with van der Waals surface area (Å²) in [5, 5.41) is 0. The zero-order valence-corrected chi connectivity index (χ0v) is 7.77. The average Bonchev–Trinajstić information content (AvgIpc) is 2.20. The highest BCUT2D eigenvalue weighted by atomic mass is 16.2. The standard InChI is InChI=1S/C9H13N3O2/c10-11-8(13)4-3-7-12-6-2-1-5-9(12)14/h1-2,5-6H,3-4,7,10H2,(H,11,13). The Morgan fingerprint density at radius 3 is 2.93 bits per heavy atom. The van der Waals surface area contributed by atoms with Crippen molar-refractivity contribution in [2.45, 2.75) is 19.4 Å². The molecule has 0 aliphatic carbocycles.